The van der Waals surface area contributed by atoms with Gasteiger partial charge in [0.25, 0.3) is 0 Å². The molecule has 0 radical (unpaired) electrons. The number of ether oxygens (including phenoxy) is 2. The van der Waals surface area contributed by atoms with Gasteiger partial charge in [-0.2, -0.15) is 0 Å². The van der Waals surface area contributed by atoms with Gasteiger partial charge >= 0.3 is 0 Å². The molecule has 0 N–H and O–H groups in total. The van der Waals surface area contributed by atoms with Crippen molar-refractivity contribution in [1.29, 1.82) is 0 Å². The average Bonchev–Trinajstić information content (AvgIpc) is 3.52. The van der Waals surface area contributed by atoms with E-state index in [1.165, 1.54) is 0 Å². The first kappa shape index (κ1) is 22.3. The van der Waals surface area contributed by atoms with E-state index in [4.69, 9.17) is 18.3 Å². The Hall–Kier alpha value is -5.48. The molecule has 8 aromatic rings. The van der Waals surface area contributed by atoms with Crippen LogP contribution in [-0.4, -0.2) is 6.79 Å². The first-order valence-electron chi connectivity index (χ1n) is 13.7. The number of hydrogen-bond acceptors (Lipinski definition) is 4. The molecule has 6 aromatic carbocycles. The SMILES string of the molecule is c1ccc2c(c1)oc1ccc(-c3ccc4c(c3)OCOc3ccc(-c5ccc6oc7ccccc7c6c5)cc3-4)cc12. The summed E-state index contributed by atoms with van der Waals surface area (Å²) in [7, 11) is 0. The van der Waals surface area contributed by atoms with Gasteiger partial charge in [0.2, 0.25) is 6.79 Å². The molecule has 0 bridgehead atoms. The summed E-state index contributed by atoms with van der Waals surface area (Å²) in [6.07, 6.45) is 0. The van der Waals surface area contributed by atoms with Gasteiger partial charge in [-0.05, 0) is 82.9 Å². The van der Waals surface area contributed by atoms with Crippen molar-refractivity contribution in [1.82, 2.24) is 0 Å². The third-order valence-electron chi connectivity index (χ3n) is 8.10. The summed E-state index contributed by atoms with van der Waals surface area (Å²) < 4.78 is 24.2. The standard InChI is InChI=1S/C37H22O4/c1-3-7-33-26(5-1)30-18-23(11-15-35(30)40-33)22-10-14-32-29(17-22)28-13-9-25(20-37(28)39-21-38-32)24-12-16-36-31(19-24)27-6-2-4-8-34(27)41-36/h1-20H,21H2. The molecule has 0 spiro atoms. The molecule has 1 aliphatic heterocycles. The topological polar surface area (TPSA) is 44.7 Å². The monoisotopic (exact) mass is 530 g/mol. The Kier molecular flexibility index (Phi) is 4.64. The Balaban J connectivity index is 1.14. The van der Waals surface area contributed by atoms with Crippen LogP contribution in [0.15, 0.2) is 130 Å². The summed E-state index contributed by atoms with van der Waals surface area (Å²) in [4.78, 5) is 0. The van der Waals surface area contributed by atoms with Gasteiger partial charge < -0.3 is 18.3 Å². The molecule has 0 saturated heterocycles. The molecule has 0 fully saturated rings. The minimum atomic E-state index is 0.154. The summed E-state index contributed by atoms with van der Waals surface area (Å²) in [6.45, 7) is 0.154. The zero-order valence-electron chi connectivity index (χ0n) is 21.9. The fraction of sp³-hybridized carbons (Fsp3) is 0.0270. The molecular weight excluding hydrogens is 508 g/mol. The number of hydrogen-bond donors (Lipinski definition) is 0. The molecule has 2 aromatic heterocycles. The van der Waals surface area contributed by atoms with Gasteiger partial charge in [-0.3, -0.25) is 0 Å². The second-order valence-corrected chi connectivity index (χ2v) is 10.4. The van der Waals surface area contributed by atoms with E-state index in [9.17, 15) is 0 Å². The van der Waals surface area contributed by atoms with Crippen LogP contribution in [0.1, 0.15) is 0 Å². The fourth-order valence-electron chi connectivity index (χ4n) is 6.06. The van der Waals surface area contributed by atoms with Gasteiger partial charge in [-0.1, -0.05) is 60.7 Å². The number of fused-ring (bicyclic) bond motifs is 9. The lowest BCUT2D eigenvalue weighted by molar-refractivity contribution is 0.125. The number of para-hydroxylation sites is 2. The normalized spacial score (nSPS) is 12.7. The lowest BCUT2D eigenvalue weighted by atomic mass is 9.94. The molecule has 1 aliphatic rings. The minimum Gasteiger partial charge on any atom is -0.457 e. The molecule has 3 heterocycles. The van der Waals surface area contributed by atoms with Gasteiger partial charge in [0.05, 0.1) is 0 Å². The molecular formula is C37H22O4. The van der Waals surface area contributed by atoms with Crippen molar-refractivity contribution in [3.05, 3.63) is 121 Å². The van der Waals surface area contributed by atoms with Crippen LogP contribution in [0.3, 0.4) is 0 Å². The van der Waals surface area contributed by atoms with E-state index in [0.29, 0.717) is 0 Å². The van der Waals surface area contributed by atoms with Crippen LogP contribution >= 0.6 is 0 Å². The molecule has 4 nitrogen and oxygen atoms in total. The van der Waals surface area contributed by atoms with Gasteiger partial charge in [-0.25, -0.2) is 0 Å². The Labute approximate surface area is 235 Å². The highest BCUT2D eigenvalue weighted by Gasteiger charge is 2.19. The second-order valence-electron chi connectivity index (χ2n) is 10.4. The van der Waals surface area contributed by atoms with Crippen LogP contribution in [-0.2, 0) is 0 Å². The zero-order chi connectivity index (χ0) is 26.9. The third-order valence-corrected chi connectivity index (χ3v) is 8.10. The Bertz CT molecular complexity index is 2300. The number of furan rings is 2. The first-order valence-corrected chi connectivity index (χ1v) is 13.7. The van der Waals surface area contributed by atoms with Crippen LogP contribution in [0.25, 0.3) is 77.3 Å². The van der Waals surface area contributed by atoms with Crippen LogP contribution in [0, 0.1) is 0 Å². The van der Waals surface area contributed by atoms with Crippen molar-refractivity contribution in [2.75, 3.05) is 6.79 Å². The first-order chi connectivity index (χ1) is 20.3. The molecule has 4 heteroatoms. The van der Waals surface area contributed by atoms with Crippen molar-refractivity contribution < 1.29 is 18.3 Å². The van der Waals surface area contributed by atoms with E-state index in [-0.39, 0.29) is 6.79 Å². The lowest BCUT2D eigenvalue weighted by Gasteiger charge is -2.11. The van der Waals surface area contributed by atoms with E-state index >= 15 is 0 Å². The summed E-state index contributed by atoms with van der Waals surface area (Å²) in [5.74, 6) is 1.60. The molecule has 9 rings (SSSR count). The summed E-state index contributed by atoms with van der Waals surface area (Å²) in [5, 5.41) is 4.46. The smallest absolute Gasteiger partial charge is 0.230 e. The fourth-order valence-corrected chi connectivity index (χ4v) is 6.06. The van der Waals surface area contributed by atoms with Crippen LogP contribution < -0.4 is 9.47 Å². The Morgan fingerprint density at radius 1 is 0.366 bits per heavy atom. The molecule has 0 aliphatic carbocycles. The van der Waals surface area contributed by atoms with E-state index < -0.39 is 0 Å². The summed E-state index contributed by atoms with van der Waals surface area (Å²) in [5.41, 5.74) is 10.0. The van der Waals surface area contributed by atoms with E-state index in [1.807, 2.05) is 48.5 Å². The molecule has 194 valence electrons. The van der Waals surface area contributed by atoms with Crippen LogP contribution in [0.2, 0.25) is 0 Å². The van der Waals surface area contributed by atoms with Crippen LogP contribution in [0.5, 0.6) is 11.5 Å². The van der Waals surface area contributed by atoms with Gasteiger partial charge in [0.15, 0.2) is 0 Å². The molecule has 0 unspecified atom stereocenters. The van der Waals surface area contributed by atoms with Crippen molar-refractivity contribution in [2.24, 2.45) is 0 Å². The highest BCUT2D eigenvalue weighted by atomic mass is 16.7. The van der Waals surface area contributed by atoms with Gasteiger partial charge in [-0.15, -0.1) is 0 Å². The Morgan fingerprint density at radius 2 is 0.878 bits per heavy atom. The van der Waals surface area contributed by atoms with Gasteiger partial charge in [0, 0.05) is 32.7 Å². The second kappa shape index (κ2) is 8.51. The quantitative estimate of drug-likeness (QED) is 0.223. The van der Waals surface area contributed by atoms with Crippen molar-refractivity contribution >= 4 is 43.9 Å². The van der Waals surface area contributed by atoms with Crippen molar-refractivity contribution in [2.45, 2.75) is 0 Å². The predicted molar refractivity (Wildman–Crippen MR) is 163 cm³/mol. The molecule has 0 atom stereocenters. The number of rotatable bonds is 2. The maximum Gasteiger partial charge on any atom is 0.230 e. The van der Waals surface area contributed by atoms with Crippen molar-refractivity contribution in [3.63, 3.8) is 0 Å². The summed E-state index contributed by atoms with van der Waals surface area (Å²) in [6, 6.07) is 41.7. The predicted octanol–water partition coefficient (Wildman–Crippen LogP) is 10.2. The van der Waals surface area contributed by atoms with E-state index in [1.54, 1.807) is 0 Å². The molecule has 0 saturated carbocycles. The summed E-state index contributed by atoms with van der Waals surface area (Å²) >= 11 is 0. The lowest BCUT2D eigenvalue weighted by Crippen LogP contribution is -2.03. The Morgan fingerprint density at radius 3 is 1.56 bits per heavy atom. The van der Waals surface area contributed by atoms with Gasteiger partial charge in [0.1, 0.15) is 33.8 Å². The molecule has 0 amide bonds. The zero-order valence-corrected chi connectivity index (χ0v) is 21.9. The highest BCUT2D eigenvalue weighted by molar-refractivity contribution is 6.07. The maximum absolute atomic E-state index is 6.12. The third kappa shape index (κ3) is 3.47. The van der Waals surface area contributed by atoms with E-state index in [2.05, 4.69) is 72.8 Å². The highest BCUT2D eigenvalue weighted by Crippen LogP contribution is 2.44. The molecule has 41 heavy (non-hydrogen) atoms. The minimum absolute atomic E-state index is 0.154. The average molecular weight is 531 g/mol. The maximum atomic E-state index is 6.12. The van der Waals surface area contributed by atoms with Crippen LogP contribution in [0.4, 0.5) is 0 Å². The van der Waals surface area contributed by atoms with E-state index in [0.717, 1.165) is 88.8 Å². The number of benzene rings is 6. The van der Waals surface area contributed by atoms with Crippen molar-refractivity contribution in [3.8, 4) is 44.9 Å². The largest absolute Gasteiger partial charge is 0.457 e.